The Morgan fingerprint density at radius 2 is 1.84 bits per heavy atom. The summed E-state index contributed by atoms with van der Waals surface area (Å²) in [6.07, 6.45) is 6.49. The van der Waals surface area contributed by atoms with Gasteiger partial charge in [0, 0.05) is 25.0 Å². The van der Waals surface area contributed by atoms with Crippen LogP contribution in [0.1, 0.15) is 11.1 Å². The van der Waals surface area contributed by atoms with Gasteiger partial charge in [-0.05, 0) is 41.5 Å². The van der Waals surface area contributed by atoms with Crippen LogP contribution in [-0.4, -0.2) is 10.9 Å². The number of hydrogen-bond acceptors (Lipinski definition) is 2. The third-order valence-corrected chi connectivity index (χ3v) is 2.51. The second-order valence-electron chi connectivity index (χ2n) is 3.96. The van der Waals surface area contributed by atoms with Gasteiger partial charge in [-0.15, -0.1) is 0 Å². The Hall–Kier alpha value is -2.49. The lowest BCUT2D eigenvalue weighted by atomic mass is 10.2. The van der Waals surface area contributed by atoms with Crippen LogP contribution in [0.3, 0.4) is 0 Å². The molecular formula is C15H13FN2O. The maximum atomic E-state index is 12.7. The van der Waals surface area contributed by atoms with E-state index in [2.05, 4.69) is 10.3 Å². The van der Waals surface area contributed by atoms with E-state index in [-0.39, 0.29) is 11.7 Å². The standard InChI is InChI=1S/C15H13FN2O/c16-14-4-1-13(2-5-14)11-18-15(19)6-3-12-7-9-17-10-8-12/h1-10H,11H2,(H,18,19)/b6-3+. The number of nitrogens with zero attached hydrogens (tertiary/aromatic N) is 1. The fourth-order valence-electron chi connectivity index (χ4n) is 1.50. The molecular weight excluding hydrogens is 243 g/mol. The van der Waals surface area contributed by atoms with Crippen molar-refractivity contribution >= 4 is 12.0 Å². The van der Waals surface area contributed by atoms with Crippen LogP contribution >= 0.6 is 0 Å². The summed E-state index contributed by atoms with van der Waals surface area (Å²) in [7, 11) is 0. The molecule has 0 bridgehead atoms. The quantitative estimate of drug-likeness (QED) is 0.854. The topological polar surface area (TPSA) is 42.0 Å². The van der Waals surface area contributed by atoms with Gasteiger partial charge in [-0.3, -0.25) is 9.78 Å². The van der Waals surface area contributed by atoms with Crippen LogP contribution in [0.15, 0.2) is 54.9 Å². The molecule has 0 radical (unpaired) electrons. The number of aromatic nitrogens is 1. The first kappa shape index (κ1) is 13.0. The van der Waals surface area contributed by atoms with Gasteiger partial charge in [-0.2, -0.15) is 0 Å². The number of halogens is 1. The molecule has 2 rings (SSSR count). The molecule has 1 N–H and O–H groups in total. The molecule has 4 heteroatoms. The molecule has 1 aromatic heterocycles. The Morgan fingerprint density at radius 1 is 1.16 bits per heavy atom. The lowest BCUT2D eigenvalue weighted by Crippen LogP contribution is -2.20. The van der Waals surface area contributed by atoms with Crippen LogP contribution in [0.4, 0.5) is 4.39 Å². The Labute approximate surface area is 110 Å². The number of pyridine rings is 1. The highest BCUT2D eigenvalue weighted by atomic mass is 19.1. The predicted molar refractivity (Wildman–Crippen MR) is 71.5 cm³/mol. The number of benzene rings is 1. The van der Waals surface area contributed by atoms with Crippen molar-refractivity contribution < 1.29 is 9.18 Å². The van der Waals surface area contributed by atoms with Gasteiger partial charge in [-0.1, -0.05) is 12.1 Å². The Kier molecular flexibility index (Phi) is 4.39. The van der Waals surface area contributed by atoms with Crippen LogP contribution in [0, 0.1) is 5.82 Å². The van der Waals surface area contributed by atoms with Crippen molar-refractivity contribution in [2.24, 2.45) is 0 Å². The van der Waals surface area contributed by atoms with E-state index in [0.717, 1.165) is 11.1 Å². The van der Waals surface area contributed by atoms with Crippen LogP contribution < -0.4 is 5.32 Å². The van der Waals surface area contributed by atoms with Crippen molar-refractivity contribution in [1.29, 1.82) is 0 Å². The highest BCUT2D eigenvalue weighted by Gasteiger charge is 1.97. The first-order chi connectivity index (χ1) is 9.24. The molecule has 19 heavy (non-hydrogen) atoms. The minimum Gasteiger partial charge on any atom is -0.348 e. The molecule has 1 heterocycles. The van der Waals surface area contributed by atoms with Gasteiger partial charge in [0.1, 0.15) is 5.82 Å². The summed E-state index contributed by atoms with van der Waals surface area (Å²) in [6.45, 7) is 0.375. The summed E-state index contributed by atoms with van der Waals surface area (Å²) in [5.74, 6) is -0.478. The van der Waals surface area contributed by atoms with E-state index in [1.165, 1.54) is 18.2 Å². The molecule has 0 aliphatic rings. The van der Waals surface area contributed by atoms with Gasteiger partial charge < -0.3 is 5.32 Å². The van der Waals surface area contributed by atoms with E-state index in [1.54, 1.807) is 30.6 Å². The van der Waals surface area contributed by atoms with Gasteiger partial charge in [0.15, 0.2) is 0 Å². The first-order valence-electron chi connectivity index (χ1n) is 5.84. The van der Waals surface area contributed by atoms with Crippen LogP contribution in [-0.2, 0) is 11.3 Å². The second-order valence-corrected chi connectivity index (χ2v) is 3.96. The molecule has 0 atom stereocenters. The molecule has 3 nitrogen and oxygen atoms in total. The van der Waals surface area contributed by atoms with Crippen LogP contribution in [0.5, 0.6) is 0 Å². The van der Waals surface area contributed by atoms with E-state index >= 15 is 0 Å². The number of amides is 1. The van der Waals surface area contributed by atoms with E-state index in [1.807, 2.05) is 12.1 Å². The van der Waals surface area contributed by atoms with Crippen LogP contribution in [0.2, 0.25) is 0 Å². The van der Waals surface area contributed by atoms with E-state index < -0.39 is 0 Å². The summed E-state index contributed by atoms with van der Waals surface area (Å²) in [4.78, 5) is 15.5. The Bertz CT molecular complexity index is 564. The van der Waals surface area contributed by atoms with Crippen molar-refractivity contribution in [1.82, 2.24) is 10.3 Å². The third kappa shape index (κ3) is 4.35. The molecule has 2 aromatic rings. The molecule has 96 valence electrons. The molecule has 1 aromatic carbocycles. The van der Waals surface area contributed by atoms with Crippen LogP contribution in [0.25, 0.3) is 6.08 Å². The molecule has 1 amide bonds. The van der Waals surface area contributed by atoms with E-state index in [4.69, 9.17) is 0 Å². The van der Waals surface area contributed by atoms with Crippen molar-refractivity contribution in [2.45, 2.75) is 6.54 Å². The number of carbonyl (C=O) groups excluding carboxylic acids is 1. The fraction of sp³-hybridized carbons (Fsp3) is 0.0667. The largest absolute Gasteiger partial charge is 0.348 e. The number of carbonyl (C=O) groups is 1. The number of rotatable bonds is 4. The molecule has 0 fully saturated rings. The van der Waals surface area contributed by atoms with Crippen molar-refractivity contribution in [3.63, 3.8) is 0 Å². The summed E-state index contributed by atoms with van der Waals surface area (Å²) in [6, 6.07) is 9.64. The lowest BCUT2D eigenvalue weighted by molar-refractivity contribution is -0.116. The summed E-state index contributed by atoms with van der Waals surface area (Å²) in [5, 5.41) is 2.72. The van der Waals surface area contributed by atoms with Crippen molar-refractivity contribution in [3.8, 4) is 0 Å². The highest BCUT2D eigenvalue weighted by molar-refractivity contribution is 5.91. The summed E-state index contributed by atoms with van der Waals surface area (Å²) in [5.41, 5.74) is 1.76. The average Bonchev–Trinajstić information content (AvgIpc) is 2.45. The zero-order valence-electron chi connectivity index (χ0n) is 10.2. The SMILES string of the molecule is O=C(/C=C/c1ccncc1)NCc1ccc(F)cc1. The summed E-state index contributed by atoms with van der Waals surface area (Å²) < 4.78 is 12.7. The normalized spacial score (nSPS) is 10.6. The monoisotopic (exact) mass is 256 g/mol. The Balaban J connectivity index is 1.85. The van der Waals surface area contributed by atoms with E-state index in [0.29, 0.717) is 6.54 Å². The second kappa shape index (κ2) is 6.44. The highest BCUT2D eigenvalue weighted by Crippen LogP contribution is 2.02. The molecule has 0 unspecified atom stereocenters. The van der Waals surface area contributed by atoms with Gasteiger partial charge in [0.05, 0.1) is 0 Å². The predicted octanol–water partition coefficient (Wildman–Crippen LogP) is 2.55. The van der Waals surface area contributed by atoms with Gasteiger partial charge >= 0.3 is 0 Å². The van der Waals surface area contributed by atoms with Crippen molar-refractivity contribution in [3.05, 3.63) is 71.8 Å². The fourth-order valence-corrected chi connectivity index (χ4v) is 1.50. The first-order valence-corrected chi connectivity index (χ1v) is 5.84. The van der Waals surface area contributed by atoms with E-state index in [9.17, 15) is 9.18 Å². The molecule has 0 saturated heterocycles. The van der Waals surface area contributed by atoms with Crippen molar-refractivity contribution in [2.75, 3.05) is 0 Å². The summed E-state index contributed by atoms with van der Waals surface area (Å²) >= 11 is 0. The average molecular weight is 256 g/mol. The molecule has 0 aliphatic heterocycles. The maximum Gasteiger partial charge on any atom is 0.244 e. The minimum absolute atomic E-state index is 0.193. The molecule has 0 aliphatic carbocycles. The molecule has 0 saturated carbocycles. The van der Waals surface area contributed by atoms with Gasteiger partial charge in [-0.25, -0.2) is 4.39 Å². The maximum absolute atomic E-state index is 12.7. The van der Waals surface area contributed by atoms with Gasteiger partial charge in [0.2, 0.25) is 5.91 Å². The Morgan fingerprint density at radius 3 is 2.53 bits per heavy atom. The number of hydrogen-bond donors (Lipinski definition) is 1. The molecule has 0 spiro atoms. The smallest absolute Gasteiger partial charge is 0.244 e. The number of nitrogens with one attached hydrogen (secondary N) is 1. The minimum atomic E-state index is -0.285. The zero-order valence-corrected chi connectivity index (χ0v) is 10.2. The zero-order chi connectivity index (χ0) is 13.5. The van der Waals surface area contributed by atoms with Gasteiger partial charge in [0.25, 0.3) is 0 Å². The lowest BCUT2D eigenvalue weighted by Gasteiger charge is -2.02. The third-order valence-electron chi connectivity index (χ3n) is 2.51.